The Bertz CT molecular complexity index is 346. The maximum Gasteiger partial charge on any atom is 0.340 e. The summed E-state index contributed by atoms with van der Waals surface area (Å²) >= 11 is 0. The highest BCUT2D eigenvalue weighted by Gasteiger charge is 2.69. The molecule has 2 atom stereocenters. The van der Waals surface area contributed by atoms with Gasteiger partial charge in [0.1, 0.15) is 0 Å². The second-order valence-corrected chi connectivity index (χ2v) is 5.18. The smallest absolute Gasteiger partial charge is 0.340 e. The minimum atomic E-state index is -3.55. The van der Waals surface area contributed by atoms with Crippen molar-refractivity contribution in [1.82, 2.24) is 0 Å². The third-order valence-corrected chi connectivity index (χ3v) is 3.70. The van der Waals surface area contributed by atoms with Crippen molar-refractivity contribution in [2.45, 2.75) is 18.9 Å². The van der Waals surface area contributed by atoms with Crippen LogP contribution in [0.5, 0.6) is 0 Å². The number of hydrogen-bond donors (Lipinski definition) is 0. The van der Waals surface area contributed by atoms with Gasteiger partial charge in [-0.2, -0.15) is 8.42 Å². The quantitative estimate of drug-likeness (QED) is 0.467. The lowest BCUT2D eigenvalue weighted by atomic mass is 10.3. The zero-order valence-corrected chi connectivity index (χ0v) is 7.96. The second kappa shape index (κ2) is 2.45. The molecule has 2 rings (SSSR count). The van der Waals surface area contributed by atoms with Crippen LogP contribution in [0, 0.1) is 5.92 Å². The Hall–Kier alpha value is -0.620. The Balaban J connectivity index is 2.16. The first kappa shape index (κ1) is 8.96. The highest BCUT2D eigenvalue weighted by Crippen LogP contribution is 2.53. The Morgan fingerprint density at radius 3 is 2.77 bits per heavy atom. The molecule has 2 aliphatic rings. The molecule has 0 aromatic heterocycles. The lowest BCUT2D eigenvalue weighted by Crippen LogP contribution is -2.29. The van der Waals surface area contributed by atoms with Crippen LogP contribution in [-0.2, 0) is 23.8 Å². The summed E-state index contributed by atoms with van der Waals surface area (Å²) in [6.07, 6.45) is 0.477. The summed E-state index contributed by atoms with van der Waals surface area (Å²) in [5.41, 5.74) is -1.14. The number of esters is 1. The Kier molecular flexibility index (Phi) is 1.69. The summed E-state index contributed by atoms with van der Waals surface area (Å²) in [5, 5.41) is 0. The fourth-order valence-corrected chi connectivity index (χ4v) is 2.31. The molecule has 6 heteroatoms. The maximum absolute atomic E-state index is 11.1. The molecule has 0 spiro atoms. The van der Waals surface area contributed by atoms with Crippen molar-refractivity contribution in [2.24, 2.45) is 5.92 Å². The first-order chi connectivity index (χ1) is 6.00. The zero-order valence-electron chi connectivity index (χ0n) is 7.15. The van der Waals surface area contributed by atoms with Crippen LogP contribution in [0.3, 0.4) is 0 Å². The maximum atomic E-state index is 11.1. The van der Waals surface area contributed by atoms with E-state index in [1.54, 1.807) is 0 Å². The van der Waals surface area contributed by atoms with Crippen LogP contribution in [0.1, 0.15) is 13.3 Å². The van der Waals surface area contributed by atoms with Gasteiger partial charge >= 0.3 is 5.97 Å². The lowest BCUT2D eigenvalue weighted by molar-refractivity contribution is -0.147. The first-order valence-corrected chi connectivity index (χ1v) is 5.68. The largest absolute Gasteiger partial charge is 0.463 e. The van der Waals surface area contributed by atoms with E-state index in [0.717, 1.165) is 0 Å². The predicted molar refractivity (Wildman–Crippen MR) is 42.3 cm³/mol. The predicted octanol–water partition coefficient (Wildman–Crippen LogP) is -0.332. The number of hydrogen-bond acceptors (Lipinski definition) is 5. The fraction of sp³-hybridized carbons (Fsp3) is 0.857. The lowest BCUT2D eigenvalue weighted by Gasteiger charge is -2.09. The van der Waals surface area contributed by atoms with Crippen molar-refractivity contribution in [3.63, 3.8) is 0 Å². The summed E-state index contributed by atoms with van der Waals surface area (Å²) in [7, 11) is -3.55. The van der Waals surface area contributed by atoms with Gasteiger partial charge in [0, 0.05) is 5.92 Å². The Morgan fingerprint density at radius 2 is 2.38 bits per heavy atom. The summed E-state index contributed by atoms with van der Waals surface area (Å²) < 4.78 is 31.7. The molecule has 1 aliphatic heterocycles. The van der Waals surface area contributed by atoms with E-state index in [1.807, 2.05) is 0 Å². The molecule has 1 heterocycles. The van der Waals surface area contributed by atoms with E-state index in [4.69, 9.17) is 4.18 Å². The Labute approximate surface area is 76.1 Å². The number of ether oxygens (including phenoxy) is 1. The molecular formula is C7H10O5S. The summed E-state index contributed by atoms with van der Waals surface area (Å²) in [5.74, 6) is -0.703. The van der Waals surface area contributed by atoms with Gasteiger partial charge in [-0.05, 0) is 13.3 Å². The third-order valence-electron chi connectivity index (χ3n) is 2.44. The van der Waals surface area contributed by atoms with Crippen LogP contribution in [0.4, 0.5) is 0 Å². The first-order valence-electron chi connectivity index (χ1n) is 4.11. The van der Waals surface area contributed by atoms with Crippen LogP contribution < -0.4 is 0 Å². The normalized spacial score (nSPS) is 37.0. The van der Waals surface area contributed by atoms with Gasteiger partial charge in [0.15, 0.2) is 5.60 Å². The molecule has 0 aromatic rings. The number of fused-ring (bicyclic) bond motifs is 1. The summed E-state index contributed by atoms with van der Waals surface area (Å²) in [4.78, 5) is 11.1. The van der Waals surface area contributed by atoms with Crippen molar-refractivity contribution in [2.75, 3.05) is 12.4 Å². The fourth-order valence-electron chi connectivity index (χ4n) is 1.47. The van der Waals surface area contributed by atoms with Gasteiger partial charge in [-0.1, -0.05) is 0 Å². The van der Waals surface area contributed by atoms with E-state index in [1.165, 1.54) is 6.92 Å². The number of carbonyl (C=O) groups excluding carboxylic acids is 1. The zero-order chi connectivity index (χ0) is 9.69. The number of cyclic esters (lactones) is 1. The molecule has 1 saturated heterocycles. The molecule has 0 N–H and O–H groups in total. The average molecular weight is 206 g/mol. The van der Waals surface area contributed by atoms with E-state index in [9.17, 15) is 13.2 Å². The topological polar surface area (TPSA) is 69.7 Å². The van der Waals surface area contributed by atoms with Gasteiger partial charge in [0.05, 0.1) is 12.4 Å². The van der Waals surface area contributed by atoms with Gasteiger partial charge in [-0.15, -0.1) is 0 Å². The summed E-state index contributed by atoms with van der Waals surface area (Å²) in [6.45, 7) is 1.77. The molecule has 74 valence electrons. The Morgan fingerprint density at radius 1 is 1.69 bits per heavy atom. The van der Waals surface area contributed by atoms with Crippen molar-refractivity contribution >= 4 is 16.1 Å². The van der Waals surface area contributed by atoms with Crippen LogP contribution >= 0.6 is 0 Å². The van der Waals surface area contributed by atoms with Gasteiger partial charge in [0.25, 0.3) is 10.1 Å². The van der Waals surface area contributed by atoms with Gasteiger partial charge in [-0.25, -0.2) is 4.79 Å². The van der Waals surface area contributed by atoms with Crippen molar-refractivity contribution in [1.29, 1.82) is 0 Å². The third kappa shape index (κ3) is 1.24. The van der Waals surface area contributed by atoms with Gasteiger partial charge in [-0.3, -0.25) is 4.18 Å². The van der Waals surface area contributed by atoms with E-state index in [2.05, 4.69) is 4.74 Å². The van der Waals surface area contributed by atoms with E-state index in [0.29, 0.717) is 6.42 Å². The molecule has 1 saturated carbocycles. The van der Waals surface area contributed by atoms with Crippen LogP contribution in [0.15, 0.2) is 0 Å². The molecule has 2 unspecified atom stereocenters. The van der Waals surface area contributed by atoms with Crippen molar-refractivity contribution < 1.29 is 22.1 Å². The second-order valence-electron chi connectivity index (χ2n) is 3.32. The molecule has 13 heavy (non-hydrogen) atoms. The minimum Gasteiger partial charge on any atom is -0.463 e. The minimum absolute atomic E-state index is 0.0543. The van der Waals surface area contributed by atoms with E-state index < -0.39 is 21.7 Å². The molecule has 1 aliphatic carbocycles. The highest BCUT2D eigenvalue weighted by atomic mass is 32.2. The van der Waals surface area contributed by atoms with Crippen molar-refractivity contribution in [3.05, 3.63) is 0 Å². The molecule has 5 nitrogen and oxygen atoms in total. The molecular weight excluding hydrogens is 196 g/mol. The average Bonchev–Trinajstić information content (AvgIpc) is 2.68. The SMILES string of the molecule is CCS(=O)(=O)OC12CC1COC2=O. The molecule has 0 aromatic carbocycles. The molecule has 0 amide bonds. The van der Waals surface area contributed by atoms with Crippen LogP contribution in [0.2, 0.25) is 0 Å². The van der Waals surface area contributed by atoms with E-state index >= 15 is 0 Å². The monoisotopic (exact) mass is 206 g/mol. The van der Waals surface area contributed by atoms with Crippen LogP contribution in [-0.4, -0.2) is 32.3 Å². The van der Waals surface area contributed by atoms with Gasteiger partial charge in [0.2, 0.25) is 0 Å². The molecule has 0 bridgehead atoms. The standard InChI is InChI=1S/C7H10O5S/c1-2-13(9,10)12-7-3-5(7)4-11-6(7)8/h5H,2-4H2,1H3. The van der Waals surface area contributed by atoms with Gasteiger partial charge < -0.3 is 4.74 Å². The number of carbonyl (C=O) groups is 1. The van der Waals surface area contributed by atoms with Crippen LogP contribution in [0.25, 0.3) is 0 Å². The van der Waals surface area contributed by atoms with E-state index in [-0.39, 0.29) is 18.3 Å². The molecule has 0 radical (unpaired) electrons. The number of rotatable bonds is 3. The highest BCUT2D eigenvalue weighted by molar-refractivity contribution is 7.86. The molecule has 2 fully saturated rings. The summed E-state index contributed by atoms with van der Waals surface area (Å²) in [6, 6.07) is 0. The van der Waals surface area contributed by atoms with Crippen molar-refractivity contribution in [3.8, 4) is 0 Å².